The van der Waals surface area contributed by atoms with Crippen LogP contribution in [0.2, 0.25) is 0 Å². The van der Waals surface area contributed by atoms with Crippen molar-refractivity contribution in [3.8, 4) is 0 Å². The second-order valence-corrected chi connectivity index (χ2v) is 5.93. The fourth-order valence-corrected chi connectivity index (χ4v) is 3.11. The number of nitrogens with one attached hydrogen (secondary N) is 1. The van der Waals surface area contributed by atoms with E-state index in [4.69, 9.17) is 4.74 Å². The van der Waals surface area contributed by atoms with Gasteiger partial charge in [0.05, 0.1) is 19.3 Å². The van der Waals surface area contributed by atoms with Crippen molar-refractivity contribution in [3.05, 3.63) is 20.8 Å². The van der Waals surface area contributed by atoms with E-state index < -0.39 is 0 Å². The van der Waals surface area contributed by atoms with Gasteiger partial charge in [-0.2, -0.15) is 0 Å². The Morgan fingerprint density at radius 3 is 3.24 bits per heavy atom. The lowest BCUT2D eigenvalue weighted by Crippen LogP contribution is -2.48. The van der Waals surface area contributed by atoms with E-state index in [2.05, 4.69) is 21.2 Å². The first-order valence-electron chi connectivity index (χ1n) is 5.52. The molecule has 1 N–H and O–H groups in total. The minimum absolute atomic E-state index is 0.00956. The molecule has 1 aromatic heterocycles. The Bertz CT molecular complexity index is 397. The highest BCUT2D eigenvalue weighted by atomic mass is 79.9. The van der Waals surface area contributed by atoms with Gasteiger partial charge in [-0.1, -0.05) is 0 Å². The first kappa shape index (κ1) is 12.9. The number of rotatable bonds is 2. The number of halogens is 1. The van der Waals surface area contributed by atoms with Gasteiger partial charge in [0.1, 0.15) is 0 Å². The summed E-state index contributed by atoms with van der Waals surface area (Å²) < 4.78 is 6.46. The van der Waals surface area contributed by atoms with Crippen molar-refractivity contribution >= 4 is 33.3 Å². The zero-order chi connectivity index (χ0) is 12.3. The smallest absolute Gasteiger partial charge is 0.317 e. The Morgan fingerprint density at radius 2 is 2.59 bits per heavy atom. The highest BCUT2D eigenvalue weighted by Gasteiger charge is 2.20. The van der Waals surface area contributed by atoms with E-state index in [1.165, 1.54) is 0 Å². The van der Waals surface area contributed by atoms with Gasteiger partial charge >= 0.3 is 6.03 Å². The number of carbonyl (C=O) groups excluding carboxylic acids is 1. The van der Waals surface area contributed by atoms with E-state index in [0.717, 1.165) is 9.35 Å². The van der Waals surface area contributed by atoms with Crippen molar-refractivity contribution in [3.63, 3.8) is 0 Å². The van der Waals surface area contributed by atoms with Crippen LogP contribution in [0.5, 0.6) is 0 Å². The third kappa shape index (κ3) is 3.69. The quantitative estimate of drug-likeness (QED) is 0.910. The lowest BCUT2D eigenvalue weighted by atomic mass is 10.3. The normalized spacial score (nSPS) is 20.4. The Morgan fingerprint density at radius 1 is 1.76 bits per heavy atom. The molecule has 0 unspecified atom stereocenters. The molecule has 0 bridgehead atoms. The third-order valence-electron chi connectivity index (χ3n) is 2.56. The SMILES string of the molecule is C[C@H]1CN(C(=O)NCc2cc(Br)cs2)CCO1. The summed E-state index contributed by atoms with van der Waals surface area (Å²) in [5.74, 6) is 0. The van der Waals surface area contributed by atoms with E-state index in [-0.39, 0.29) is 12.1 Å². The second-order valence-electron chi connectivity index (χ2n) is 4.02. The molecule has 0 aliphatic carbocycles. The Balaban J connectivity index is 1.80. The fraction of sp³-hybridized carbons (Fsp3) is 0.545. The van der Waals surface area contributed by atoms with Crippen LogP contribution in [0, 0.1) is 0 Å². The molecule has 1 fully saturated rings. The van der Waals surface area contributed by atoms with Crippen LogP contribution in [0.25, 0.3) is 0 Å². The van der Waals surface area contributed by atoms with E-state index in [1.807, 2.05) is 18.4 Å². The molecule has 1 aromatic rings. The van der Waals surface area contributed by atoms with Gasteiger partial charge in [0, 0.05) is 27.8 Å². The van der Waals surface area contributed by atoms with Crippen LogP contribution in [0.3, 0.4) is 0 Å². The molecule has 6 heteroatoms. The molecule has 2 heterocycles. The van der Waals surface area contributed by atoms with E-state index >= 15 is 0 Å². The monoisotopic (exact) mass is 318 g/mol. The summed E-state index contributed by atoms with van der Waals surface area (Å²) in [4.78, 5) is 14.8. The van der Waals surface area contributed by atoms with Crippen molar-refractivity contribution in [2.24, 2.45) is 0 Å². The largest absolute Gasteiger partial charge is 0.375 e. The lowest BCUT2D eigenvalue weighted by Gasteiger charge is -2.31. The average Bonchev–Trinajstić information content (AvgIpc) is 2.72. The van der Waals surface area contributed by atoms with Gasteiger partial charge in [0.15, 0.2) is 0 Å². The maximum absolute atomic E-state index is 11.9. The average molecular weight is 319 g/mol. The van der Waals surface area contributed by atoms with Gasteiger partial charge < -0.3 is 15.0 Å². The first-order valence-corrected chi connectivity index (χ1v) is 7.19. The summed E-state index contributed by atoms with van der Waals surface area (Å²) in [6, 6.07) is 2.01. The molecule has 0 radical (unpaired) electrons. The van der Waals surface area contributed by atoms with Crippen LogP contribution in [-0.4, -0.2) is 36.7 Å². The van der Waals surface area contributed by atoms with Gasteiger partial charge in [-0.05, 0) is 28.9 Å². The minimum atomic E-state index is -0.00956. The first-order chi connectivity index (χ1) is 8.15. The molecule has 1 aliphatic heterocycles. The number of hydrogen-bond acceptors (Lipinski definition) is 3. The summed E-state index contributed by atoms with van der Waals surface area (Å²) in [5.41, 5.74) is 0. The van der Waals surface area contributed by atoms with Crippen LogP contribution in [0.4, 0.5) is 4.79 Å². The number of nitrogens with zero attached hydrogens (tertiary/aromatic N) is 1. The molecular weight excluding hydrogens is 304 g/mol. The van der Waals surface area contributed by atoms with Gasteiger partial charge in [0.25, 0.3) is 0 Å². The Labute approximate surface area is 113 Å². The van der Waals surface area contributed by atoms with E-state index in [0.29, 0.717) is 26.2 Å². The molecule has 1 aliphatic rings. The van der Waals surface area contributed by atoms with Gasteiger partial charge in [-0.15, -0.1) is 11.3 Å². The molecule has 17 heavy (non-hydrogen) atoms. The van der Waals surface area contributed by atoms with Crippen molar-refractivity contribution in [2.45, 2.75) is 19.6 Å². The maximum Gasteiger partial charge on any atom is 0.317 e. The summed E-state index contributed by atoms with van der Waals surface area (Å²) in [5, 5.41) is 4.94. The molecule has 0 aromatic carbocycles. The lowest BCUT2D eigenvalue weighted by molar-refractivity contribution is -0.00350. The summed E-state index contributed by atoms with van der Waals surface area (Å²) >= 11 is 5.03. The highest BCUT2D eigenvalue weighted by molar-refractivity contribution is 9.10. The fourth-order valence-electron chi connectivity index (χ4n) is 1.72. The number of amides is 2. The summed E-state index contributed by atoms with van der Waals surface area (Å²) in [7, 11) is 0. The van der Waals surface area contributed by atoms with Crippen LogP contribution < -0.4 is 5.32 Å². The van der Waals surface area contributed by atoms with Crippen LogP contribution >= 0.6 is 27.3 Å². The van der Waals surface area contributed by atoms with Gasteiger partial charge in [-0.3, -0.25) is 0 Å². The molecule has 0 saturated carbocycles. The molecule has 4 nitrogen and oxygen atoms in total. The molecular formula is C11H15BrN2O2S. The Hall–Kier alpha value is -0.590. The second kappa shape index (κ2) is 5.84. The number of urea groups is 1. The van der Waals surface area contributed by atoms with E-state index in [1.54, 1.807) is 16.2 Å². The van der Waals surface area contributed by atoms with Gasteiger partial charge in [0.2, 0.25) is 0 Å². The van der Waals surface area contributed by atoms with Crippen LogP contribution in [0.1, 0.15) is 11.8 Å². The van der Waals surface area contributed by atoms with Crippen molar-refractivity contribution in [1.29, 1.82) is 0 Å². The number of thiophene rings is 1. The predicted molar refractivity (Wildman–Crippen MR) is 71.2 cm³/mol. The number of carbonyl (C=O) groups is 1. The summed E-state index contributed by atoms with van der Waals surface area (Å²) in [6.45, 7) is 4.53. The molecule has 1 saturated heterocycles. The zero-order valence-electron chi connectivity index (χ0n) is 9.61. The van der Waals surface area contributed by atoms with Crippen LogP contribution in [0.15, 0.2) is 15.9 Å². The third-order valence-corrected chi connectivity index (χ3v) is 4.26. The highest BCUT2D eigenvalue weighted by Crippen LogP contribution is 2.19. The molecule has 0 spiro atoms. The standard InChI is InChI=1S/C11H15BrN2O2S/c1-8-6-14(2-3-16-8)11(15)13-5-10-4-9(12)7-17-10/h4,7-8H,2-3,5-6H2,1H3,(H,13,15)/t8-/m0/s1. The topological polar surface area (TPSA) is 41.6 Å². The molecule has 2 amide bonds. The number of morpholine rings is 1. The predicted octanol–water partition coefficient (Wildman–Crippen LogP) is 2.44. The molecule has 2 rings (SSSR count). The van der Waals surface area contributed by atoms with Crippen molar-refractivity contribution < 1.29 is 9.53 Å². The zero-order valence-corrected chi connectivity index (χ0v) is 12.0. The van der Waals surface area contributed by atoms with Gasteiger partial charge in [-0.25, -0.2) is 4.79 Å². The number of ether oxygens (including phenoxy) is 1. The molecule has 1 atom stereocenters. The minimum Gasteiger partial charge on any atom is -0.375 e. The maximum atomic E-state index is 11.9. The number of hydrogen-bond donors (Lipinski definition) is 1. The van der Waals surface area contributed by atoms with Crippen molar-refractivity contribution in [1.82, 2.24) is 10.2 Å². The van der Waals surface area contributed by atoms with Crippen LogP contribution in [-0.2, 0) is 11.3 Å². The van der Waals surface area contributed by atoms with Crippen molar-refractivity contribution in [2.75, 3.05) is 19.7 Å². The summed E-state index contributed by atoms with van der Waals surface area (Å²) in [6.07, 6.45) is 0.130. The Kier molecular flexibility index (Phi) is 4.42. The van der Waals surface area contributed by atoms with E-state index in [9.17, 15) is 4.79 Å². The molecule has 94 valence electrons.